The molecular weight excluding hydrogens is 268 g/mol. The molecule has 104 valence electrons. The van der Waals surface area contributed by atoms with Gasteiger partial charge in [-0.3, -0.25) is 4.79 Å². The van der Waals surface area contributed by atoms with Crippen LogP contribution in [0.1, 0.15) is 26.4 Å². The second-order valence-electron chi connectivity index (χ2n) is 5.24. The molecule has 0 saturated carbocycles. The Hall–Kier alpha value is -1.81. The summed E-state index contributed by atoms with van der Waals surface area (Å²) >= 11 is 1.70. The van der Waals surface area contributed by atoms with Crippen molar-refractivity contribution in [1.82, 2.24) is 4.90 Å². The number of amides is 1. The third-order valence-corrected chi connectivity index (χ3v) is 4.77. The summed E-state index contributed by atoms with van der Waals surface area (Å²) in [6.07, 6.45) is 1.05. The summed E-state index contributed by atoms with van der Waals surface area (Å²) in [4.78, 5) is 15.5. The van der Waals surface area contributed by atoms with Crippen molar-refractivity contribution in [2.45, 2.75) is 19.9 Å². The molecular formula is C16H18N2OS. The number of hydrogen-bond donors (Lipinski definition) is 1. The maximum Gasteiger partial charge on any atom is 0.253 e. The predicted molar refractivity (Wildman–Crippen MR) is 83.5 cm³/mol. The predicted octanol–water partition coefficient (Wildman–Crippen LogP) is 3.30. The molecule has 1 aliphatic rings. The maximum atomic E-state index is 12.5. The minimum absolute atomic E-state index is 0.0781. The van der Waals surface area contributed by atoms with Crippen molar-refractivity contribution in [2.75, 3.05) is 18.9 Å². The highest BCUT2D eigenvalue weighted by Gasteiger charge is 2.17. The van der Waals surface area contributed by atoms with Gasteiger partial charge in [-0.25, -0.2) is 0 Å². The Morgan fingerprint density at radius 3 is 3.00 bits per heavy atom. The van der Waals surface area contributed by atoms with Crippen molar-refractivity contribution in [2.24, 2.45) is 0 Å². The van der Waals surface area contributed by atoms with Crippen LogP contribution in [0.4, 0.5) is 5.69 Å². The lowest BCUT2D eigenvalue weighted by atomic mass is 10.1. The topological polar surface area (TPSA) is 32.3 Å². The van der Waals surface area contributed by atoms with Crippen LogP contribution >= 0.6 is 11.3 Å². The van der Waals surface area contributed by atoms with E-state index in [-0.39, 0.29) is 5.91 Å². The third-order valence-electron chi connectivity index (χ3n) is 3.76. The van der Waals surface area contributed by atoms with Gasteiger partial charge in [0, 0.05) is 29.7 Å². The first-order chi connectivity index (χ1) is 9.65. The lowest BCUT2D eigenvalue weighted by Crippen LogP contribution is -2.26. The van der Waals surface area contributed by atoms with Gasteiger partial charge < -0.3 is 10.2 Å². The molecule has 0 saturated heterocycles. The monoisotopic (exact) mass is 286 g/mol. The van der Waals surface area contributed by atoms with Gasteiger partial charge in [0.05, 0.1) is 6.54 Å². The van der Waals surface area contributed by atoms with Crippen molar-refractivity contribution in [3.8, 4) is 0 Å². The van der Waals surface area contributed by atoms with Crippen LogP contribution in [0.5, 0.6) is 0 Å². The van der Waals surface area contributed by atoms with E-state index in [0.717, 1.165) is 24.2 Å². The molecule has 0 atom stereocenters. The summed E-state index contributed by atoms with van der Waals surface area (Å²) < 4.78 is 0. The van der Waals surface area contributed by atoms with Gasteiger partial charge in [0.25, 0.3) is 5.91 Å². The normalized spacial score (nSPS) is 12.9. The van der Waals surface area contributed by atoms with Gasteiger partial charge in [0.1, 0.15) is 0 Å². The van der Waals surface area contributed by atoms with Crippen LogP contribution in [-0.2, 0) is 13.0 Å². The first-order valence-corrected chi connectivity index (χ1v) is 7.68. The van der Waals surface area contributed by atoms with Gasteiger partial charge in [-0.2, -0.15) is 0 Å². The van der Waals surface area contributed by atoms with Gasteiger partial charge in [-0.05, 0) is 48.1 Å². The Morgan fingerprint density at radius 1 is 1.40 bits per heavy atom. The highest BCUT2D eigenvalue weighted by Crippen LogP contribution is 2.24. The van der Waals surface area contributed by atoms with Crippen LogP contribution in [0.3, 0.4) is 0 Å². The second kappa shape index (κ2) is 5.29. The molecule has 0 unspecified atom stereocenters. The van der Waals surface area contributed by atoms with E-state index in [1.807, 2.05) is 19.2 Å². The van der Waals surface area contributed by atoms with Crippen molar-refractivity contribution in [3.05, 3.63) is 51.2 Å². The minimum atomic E-state index is 0.0781. The Bertz CT molecular complexity index is 648. The number of anilines is 1. The molecule has 0 bridgehead atoms. The van der Waals surface area contributed by atoms with Gasteiger partial charge in [-0.15, -0.1) is 11.3 Å². The number of fused-ring (bicyclic) bond motifs is 1. The molecule has 2 heterocycles. The van der Waals surface area contributed by atoms with Crippen LogP contribution in [0.25, 0.3) is 0 Å². The first-order valence-electron chi connectivity index (χ1n) is 6.80. The number of hydrogen-bond acceptors (Lipinski definition) is 3. The summed E-state index contributed by atoms with van der Waals surface area (Å²) in [5, 5.41) is 5.39. The lowest BCUT2D eigenvalue weighted by molar-refractivity contribution is 0.0786. The summed E-state index contributed by atoms with van der Waals surface area (Å²) in [5.41, 5.74) is 4.43. The Labute approximate surface area is 123 Å². The molecule has 1 aromatic heterocycles. The fourth-order valence-corrected chi connectivity index (χ4v) is 3.46. The number of carbonyl (C=O) groups excluding carboxylic acids is 1. The van der Waals surface area contributed by atoms with Crippen molar-refractivity contribution < 1.29 is 4.79 Å². The number of carbonyl (C=O) groups is 1. The highest BCUT2D eigenvalue weighted by atomic mass is 32.1. The van der Waals surface area contributed by atoms with E-state index in [0.29, 0.717) is 6.54 Å². The molecule has 0 spiro atoms. The SMILES string of the molecule is Cc1ccsc1CN(C)C(=O)c1ccc2c(c1)NCC2. The van der Waals surface area contributed by atoms with E-state index in [1.54, 1.807) is 16.2 Å². The molecule has 1 N–H and O–H groups in total. The van der Waals surface area contributed by atoms with E-state index < -0.39 is 0 Å². The zero-order valence-corrected chi connectivity index (χ0v) is 12.6. The zero-order chi connectivity index (χ0) is 14.1. The lowest BCUT2D eigenvalue weighted by Gasteiger charge is -2.17. The van der Waals surface area contributed by atoms with E-state index in [1.165, 1.54) is 16.0 Å². The zero-order valence-electron chi connectivity index (χ0n) is 11.8. The van der Waals surface area contributed by atoms with Gasteiger partial charge in [0.15, 0.2) is 0 Å². The van der Waals surface area contributed by atoms with Crippen molar-refractivity contribution >= 4 is 22.9 Å². The van der Waals surface area contributed by atoms with Crippen LogP contribution in [0.15, 0.2) is 29.6 Å². The smallest absolute Gasteiger partial charge is 0.253 e. The average molecular weight is 286 g/mol. The van der Waals surface area contributed by atoms with Crippen LogP contribution < -0.4 is 5.32 Å². The average Bonchev–Trinajstić information content (AvgIpc) is 3.06. The number of aryl methyl sites for hydroxylation is 1. The van der Waals surface area contributed by atoms with Crippen LogP contribution in [-0.4, -0.2) is 24.4 Å². The molecule has 1 aromatic carbocycles. The number of thiophene rings is 1. The molecule has 0 aliphatic carbocycles. The standard InChI is InChI=1S/C16H18N2OS/c1-11-6-8-20-15(11)10-18(2)16(19)13-4-3-12-5-7-17-14(12)9-13/h3-4,6,8-9,17H,5,7,10H2,1-2H3. The summed E-state index contributed by atoms with van der Waals surface area (Å²) in [6, 6.07) is 8.07. The van der Waals surface area contributed by atoms with Gasteiger partial charge in [-0.1, -0.05) is 6.07 Å². The molecule has 20 heavy (non-hydrogen) atoms. The quantitative estimate of drug-likeness (QED) is 0.939. The molecule has 2 aromatic rings. The molecule has 0 fully saturated rings. The van der Waals surface area contributed by atoms with E-state index in [2.05, 4.69) is 29.8 Å². The number of rotatable bonds is 3. The number of nitrogens with one attached hydrogen (secondary N) is 1. The molecule has 3 rings (SSSR count). The number of benzene rings is 1. The van der Waals surface area contributed by atoms with Crippen molar-refractivity contribution in [3.63, 3.8) is 0 Å². The molecule has 4 heteroatoms. The Morgan fingerprint density at radius 2 is 2.25 bits per heavy atom. The largest absolute Gasteiger partial charge is 0.384 e. The highest BCUT2D eigenvalue weighted by molar-refractivity contribution is 7.10. The molecule has 1 aliphatic heterocycles. The third kappa shape index (κ3) is 2.43. The number of nitrogens with zero attached hydrogens (tertiary/aromatic N) is 1. The fourth-order valence-electron chi connectivity index (χ4n) is 2.50. The van der Waals surface area contributed by atoms with E-state index in [9.17, 15) is 4.79 Å². The fraction of sp³-hybridized carbons (Fsp3) is 0.312. The van der Waals surface area contributed by atoms with E-state index in [4.69, 9.17) is 0 Å². The minimum Gasteiger partial charge on any atom is -0.384 e. The summed E-state index contributed by atoms with van der Waals surface area (Å²) in [5.74, 6) is 0.0781. The van der Waals surface area contributed by atoms with Gasteiger partial charge in [0.2, 0.25) is 0 Å². The van der Waals surface area contributed by atoms with Crippen molar-refractivity contribution in [1.29, 1.82) is 0 Å². The Balaban J connectivity index is 1.76. The van der Waals surface area contributed by atoms with Crippen LogP contribution in [0.2, 0.25) is 0 Å². The summed E-state index contributed by atoms with van der Waals surface area (Å²) in [7, 11) is 1.86. The molecule has 0 radical (unpaired) electrons. The first kappa shape index (κ1) is 13.2. The van der Waals surface area contributed by atoms with Gasteiger partial charge >= 0.3 is 0 Å². The van der Waals surface area contributed by atoms with Crippen LogP contribution in [0, 0.1) is 6.92 Å². The second-order valence-corrected chi connectivity index (χ2v) is 6.24. The maximum absolute atomic E-state index is 12.5. The van der Waals surface area contributed by atoms with E-state index >= 15 is 0 Å². The Kier molecular flexibility index (Phi) is 3.49. The molecule has 3 nitrogen and oxygen atoms in total. The molecule has 1 amide bonds. The summed E-state index contributed by atoms with van der Waals surface area (Å²) in [6.45, 7) is 3.73.